The van der Waals surface area contributed by atoms with Crippen molar-refractivity contribution in [3.05, 3.63) is 71.2 Å². The first-order valence-electron chi connectivity index (χ1n) is 17.1. The summed E-state index contributed by atoms with van der Waals surface area (Å²) in [7, 11) is 1.94. The summed E-state index contributed by atoms with van der Waals surface area (Å²) in [5, 5.41) is 11.7. The minimum atomic E-state index is -0.888. The number of benzene rings is 2. The molecule has 3 fully saturated rings. The molecule has 0 aliphatic carbocycles. The molecule has 3 aliphatic rings. The molecule has 256 valence electrons. The van der Waals surface area contributed by atoms with Crippen LogP contribution in [0.5, 0.6) is 11.5 Å². The van der Waals surface area contributed by atoms with Crippen LogP contribution in [0.15, 0.2) is 48.5 Å². The highest BCUT2D eigenvalue weighted by molar-refractivity contribution is 5.95. The van der Waals surface area contributed by atoms with Crippen LogP contribution < -0.4 is 10.1 Å². The second kappa shape index (κ2) is 14.7. The molecule has 9 nitrogen and oxygen atoms in total. The zero-order valence-corrected chi connectivity index (χ0v) is 28.3. The van der Waals surface area contributed by atoms with Gasteiger partial charge in [-0.05, 0) is 93.2 Å². The number of carbonyl (C=O) groups excluding carboxylic acids is 2. The van der Waals surface area contributed by atoms with E-state index in [0.29, 0.717) is 62.5 Å². The number of nitrogens with zero attached hydrogens (tertiary/aromatic N) is 5. The molecular formula is C37H46F2N6O3. The average Bonchev–Trinajstić information content (AvgIpc) is 3.38. The number of ether oxygens (including phenoxy) is 1. The molecule has 2 aromatic carbocycles. The van der Waals surface area contributed by atoms with Crippen molar-refractivity contribution in [3.63, 3.8) is 0 Å². The topological polar surface area (TPSA) is 90.9 Å². The van der Waals surface area contributed by atoms with Crippen molar-refractivity contribution < 1.29 is 23.1 Å². The molecule has 0 saturated carbocycles. The molecule has 3 saturated heterocycles. The van der Waals surface area contributed by atoms with Crippen molar-refractivity contribution in [1.29, 1.82) is 0 Å². The van der Waals surface area contributed by atoms with Gasteiger partial charge in [-0.15, -0.1) is 0 Å². The van der Waals surface area contributed by atoms with E-state index in [2.05, 4.69) is 34.3 Å². The van der Waals surface area contributed by atoms with E-state index in [1.54, 1.807) is 17.0 Å². The number of piperidine rings is 2. The predicted molar refractivity (Wildman–Crippen MR) is 180 cm³/mol. The Hall–Kier alpha value is -3.96. The van der Waals surface area contributed by atoms with Crippen LogP contribution in [0.4, 0.5) is 8.78 Å². The molecule has 48 heavy (non-hydrogen) atoms. The van der Waals surface area contributed by atoms with E-state index < -0.39 is 17.9 Å². The Labute approximate surface area is 281 Å². The Kier molecular flexibility index (Phi) is 10.4. The van der Waals surface area contributed by atoms with Gasteiger partial charge >= 0.3 is 0 Å². The maximum atomic E-state index is 15.6. The highest BCUT2D eigenvalue weighted by atomic mass is 19.1. The van der Waals surface area contributed by atoms with Gasteiger partial charge in [-0.1, -0.05) is 20.8 Å². The van der Waals surface area contributed by atoms with Crippen molar-refractivity contribution in [3.8, 4) is 22.8 Å². The molecule has 1 aromatic heterocycles. The molecule has 2 unspecified atom stereocenters. The van der Waals surface area contributed by atoms with Gasteiger partial charge in [0.25, 0.3) is 5.91 Å². The summed E-state index contributed by atoms with van der Waals surface area (Å²) in [6, 6.07) is 13.8. The fourth-order valence-corrected chi connectivity index (χ4v) is 7.03. The number of carbonyl (C=O) groups is 2. The quantitative estimate of drug-likeness (QED) is 0.310. The molecule has 0 bridgehead atoms. The number of nitrogens with one attached hydrogen (secondary N) is 1. The van der Waals surface area contributed by atoms with Crippen LogP contribution in [0, 0.1) is 11.7 Å². The predicted octanol–water partition coefficient (Wildman–Crippen LogP) is 5.80. The number of rotatable bonds is 9. The summed E-state index contributed by atoms with van der Waals surface area (Å²) in [5.41, 5.74) is 2.88. The minimum absolute atomic E-state index is 0.00953. The second-order valence-electron chi connectivity index (χ2n) is 14.1. The Bertz CT molecular complexity index is 1590. The van der Waals surface area contributed by atoms with Crippen molar-refractivity contribution in [2.24, 2.45) is 5.92 Å². The molecule has 6 rings (SSSR count). The van der Waals surface area contributed by atoms with E-state index in [-0.39, 0.29) is 41.9 Å². The van der Waals surface area contributed by atoms with E-state index in [1.165, 1.54) is 12.1 Å². The van der Waals surface area contributed by atoms with Gasteiger partial charge in [0.05, 0.1) is 17.0 Å². The summed E-state index contributed by atoms with van der Waals surface area (Å²) in [5.74, 6) is 0.129. The van der Waals surface area contributed by atoms with Gasteiger partial charge in [-0.25, -0.2) is 8.78 Å². The summed E-state index contributed by atoms with van der Waals surface area (Å²) >= 11 is 0. The lowest BCUT2D eigenvalue weighted by Gasteiger charge is -2.42. The Morgan fingerprint density at radius 2 is 1.77 bits per heavy atom. The van der Waals surface area contributed by atoms with Gasteiger partial charge < -0.3 is 19.9 Å². The van der Waals surface area contributed by atoms with E-state index in [1.807, 2.05) is 43.1 Å². The van der Waals surface area contributed by atoms with E-state index in [4.69, 9.17) is 4.74 Å². The number of likely N-dealkylation sites (tertiary alicyclic amines) is 3. The highest BCUT2D eigenvalue weighted by Crippen LogP contribution is 2.33. The largest absolute Gasteiger partial charge is 0.457 e. The maximum Gasteiger partial charge on any atom is 0.254 e. The van der Waals surface area contributed by atoms with Crippen LogP contribution in [-0.4, -0.2) is 94.7 Å². The smallest absolute Gasteiger partial charge is 0.254 e. The van der Waals surface area contributed by atoms with Crippen LogP contribution in [0.1, 0.15) is 74.0 Å². The zero-order valence-electron chi connectivity index (χ0n) is 28.3. The normalized spacial score (nSPS) is 22.8. The second-order valence-corrected chi connectivity index (χ2v) is 14.1. The van der Waals surface area contributed by atoms with Crippen molar-refractivity contribution >= 4 is 11.8 Å². The third kappa shape index (κ3) is 7.84. The lowest BCUT2D eigenvalue weighted by molar-refractivity contribution is -0.128. The van der Waals surface area contributed by atoms with E-state index >= 15 is 4.39 Å². The SMILES string of the molecule is CC(C)c1ccc(-c2ccc(Oc3cc(C(=O)NC4CCN(C5CCN(C)CC5F)CC4)c(F)cc3CN3C[C@@H](C)CC3=O)cc2)nn1. The number of halogens is 2. The number of amides is 2. The zero-order chi connectivity index (χ0) is 33.9. The van der Waals surface area contributed by atoms with E-state index in [0.717, 1.165) is 29.9 Å². The van der Waals surface area contributed by atoms with Gasteiger partial charge in [0, 0.05) is 62.4 Å². The maximum absolute atomic E-state index is 15.6. The van der Waals surface area contributed by atoms with Crippen molar-refractivity contribution in [2.45, 2.75) is 77.2 Å². The lowest BCUT2D eigenvalue weighted by atomic mass is 9.96. The number of hydrogen-bond donors (Lipinski definition) is 1. The third-order valence-corrected chi connectivity index (χ3v) is 9.86. The molecule has 0 radical (unpaired) electrons. The first kappa shape index (κ1) is 33.9. The Morgan fingerprint density at radius 1 is 1.02 bits per heavy atom. The van der Waals surface area contributed by atoms with Crippen LogP contribution in [-0.2, 0) is 11.3 Å². The monoisotopic (exact) mass is 660 g/mol. The highest BCUT2D eigenvalue weighted by Gasteiger charge is 2.35. The Balaban J connectivity index is 1.17. The minimum Gasteiger partial charge on any atom is -0.457 e. The first-order chi connectivity index (χ1) is 23.0. The van der Waals surface area contributed by atoms with Gasteiger partial charge in [0.15, 0.2) is 0 Å². The summed E-state index contributed by atoms with van der Waals surface area (Å²) in [6.07, 6.45) is 1.69. The molecular weight excluding hydrogens is 614 g/mol. The molecule has 3 aliphatic heterocycles. The average molecular weight is 661 g/mol. The van der Waals surface area contributed by atoms with Crippen LogP contribution >= 0.6 is 0 Å². The van der Waals surface area contributed by atoms with Gasteiger partial charge in [0.2, 0.25) is 5.91 Å². The first-order valence-corrected chi connectivity index (χ1v) is 17.1. The lowest BCUT2D eigenvalue weighted by Crippen LogP contribution is -2.55. The van der Waals surface area contributed by atoms with Gasteiger partial charge in [-0.3, -0.25) is 14.5 Å². The molecule has 1 N–H and O–H groups in total. The molecule has 3 atom stereocenters. The van der Waals surface area contributed by atoms with Crippen LogP contribution in [0.2, 0.25) is 0 Å². The number of alkyl halides is 1. The number of hydrogen-bond acceptors (Lipinski definition) is 7. The molecule has 3 aromatic rings. The molecule has 11 heteroatoms. The van der Waals surface area contributed by atoms with E-state index in [9.17, 15) is 14.0 Å². The van der Waals surface area contributed by atoms with Gasteiger partial charge in [0.1, 0.15) is 23.5 Å². The third-order valence-electron chi connectivity index (χ3n) is 9.86. The Morgan fingerprint density at radius 3 is 2.40 bits per heavy atom. The number of aromatic nitrogens is 2. The molecule has 4 heterocycles. The fraction of sp³-hybridized carbons (Fsp3) is 0.514. The summed E-state index contributed by atoms with van der Waals surface area (Å²) in [6.45, 7) is 9.58. The summed E-state index contributed by atoms with van der Waals surface area (Å²) < 4.78 is 36.7. The molecule has 0 spiro atoms. The fourth-order valence-electron chi connectivity index (χ4n) is 7.03. The van der Waals surface area contributed by atoms with Crippen LogP contribution in [0.3, 0.4) is 0 Å². The van der Waals surface area contributed by atoms with Crippen LogP contribution in [0.25, 0.3) is 11.3 Å². The standard InChI is InChI=1S/C37H46F2N6O3/c1-23(2)32-9-10-33(42-41-32)25-5-7-28(8-6-25)48-35-19-29(30(38)18-26(35)21-45-20-24(3)17-36(45)46)37(47)40-27-11-15-44(16-12-27)34-13-14-43(4)22-31(34)39/h5-10,18-19,23-24,27,31,34H,11-17,20-22H2,1-4H3,(H,40,47)/t24-,31?,34?/m0/s1. The van der Waals surface area contributed by atoms with Gasteiger partial charge in [-0.2, -0.15) is 10.2 Å². The summed E-state index contributed by atoms with van der Waals surface area (Å²) in [4.78, 5) is 32.0. The molecule has 2 amide bonds. The van der Waals surface area contributed by atoms with Crippen molar-refractivity contribution in [2.75, 3.05) is 39.8 Å². The van der Waals surface area contributed by atoms with Crippen molar-refractivity contribution in [1.82, 2.24) is 30.2 Å².